The molecule has 2 aromatic rings. The fourth-order valence-corrected chi connectivity index (χ4v) is 5.14. The number of carbonyl (C=O) groups excluding carboxylic acids is 1. The summed E-state index contributed by atoms with van der Waals surface area (Å²) in [6, 6.07) is 8.17. The van der Waals surface area contributed by atoms with Crippen molar-refractivity contribution in [3.8, 4) is 17.1 Å². The number of amides is 1. The first-order chi connectivity index (χ1) is 16.4. The van der Waals surface area contributed by atoms with Crippen LogP contribution in [0, 0.1) is 12.8 Å². The summed E-state index contributed by atoms with van der Waals surface area (Å²) < 4.78 is 19.3. The molecule has 2 saturated heterocycles. The SMILES string of the molecule is Cc1c2n(c(OC[C@@H]3COCCO3)cc1=O)CCc1cc(C3CN(C(=O)CC(C)C)C3)ccc1-2. The predicted octanol–water partition coefficient (Wildman–Crippen LogP) is 3.15. The fraction of sp³-hybridized carbons (Fsp3) is 0.556. The highest BCUT2D eigenvalue weighted by Gasteiger charge is 2.32. The standard InChI is InChI=1S/C27H34N2O5/c1-17(2)10-25(31)28-13-21(14-28)19-4-5-23-20(11-19)6-7-29-26(12-24(30)18(3)27(23)29)34-16-22-15-32-8-9-33-22/h4-5,11-12,17,21-22H,6-10,13-16H2,1-3H3/t22-/m0/s1. The normalized spacial score (nSPS) is 20.0. The van der Waals surface area contributed by atoms with Crippen molar-refractivity contribution in [3.63, 3.8) is 0 Å². The molecule has 7 nitrogen and oxygen atoms in total. The summed E-state index contributed by atoms with van der Waals surface area (Å²) in [6.07, 6.45) is 1.38. The molecule has 0 spiro atoms. The van der Waals surface area contributed by atoms with E-state index in [0.29, 0.717) is 50.6 Å². The first kappa shape index (κ1) is 23.1. The van der Waals surface area contributed by atoms with Gasteiger partial charge in [-0.05, 0) is 30.4 Å². The van der Waals surface area contributed by atoms with Crippen LogP contribution in [0.25, 0.3) is 11.3 Å². The lowest BCUT2D eigenvalue weighted by atomic mass is 9.86. The van der Waals surface area contributed by atoms with Gasteiger partial charge in [-0.25, -0.2) is 0 Å². The average molecular weight is 467 g/mol. The van der Waals surface area contributed by atoms with Crippen molar-refractivity contribution < 1.29 is 19.0 Å². The Balaban J connectivity index is 1.35. The highest BCUT2D eigenvalue weighted by atomic mass is 16.6. The van der Waals surface area contributed by atoms with E-state index in [4.69, 9.17) is 14.2 Å². The van der Waals surface area contributed by atoms with Crippen molar-refractivity contribution in [3.05, 3.63) is 51.2 Å². The quantitative estimate of drug-likeness (QED) is 0.654. The lowest BCUT2D eigenvalue weighted by Crippen LogP contribution is -2.48. The second kappa shape index (κ2) is 9.55. The molecule has 1 aromatic heterocycles. The molecule has 0 N–H and O–H groups in total. The van der Waals surface area contributed by atoms with E-state index >= 15 is 0 Å². The van der Waals surface area contributed by atoms with Crippen LogP contribution < -0.4 is 10.2 Å². The van der Waals surface area contributed by atoms with E-state index in [-0.39, 0.29) is 17.4 Å². The Morgan fingerprint density at radius 1 is 1.21 bits per heavy atom. The average Bonchev–Trinajstić information content (AvgIpc) is 2.79. The molecule has 0 aliphatic carbocycles. The number of pyridine rings is 1. The summed E-state index contributed by atoms with van der Waals surface area (Å²) in [4.78, 5) is 27.1. The molecule has 4 heterocycles. The van der Waals surface area contributed by atoms with Gasteiger partial charge in [0.15, 0.2) is 11.3 Å². The largest absolute Gasteiger partial charge is 0.476 e. The molecular formula is C27H34N2O5. The number of fused-ring (bicyclic) bond motifs is 3. The minimum atomic E-state index is -0.116. The number of aromatic nitrogens is 1. The van der Waals surface area contributed by atoms with Gasteiger partial charge in [-0.1, -0.05) is 32.0 Å². The van der Waals surface area contributed by atoms with Crippen molar-refractivity contribution in [2.45, 2.75) is 52.2 Å². The smallest absolute Gasteiger partial charge is 0.222 e. The maximum atomic E-state index is 12.8. The van der Waals surface area contributed by atoms with Crippen molar-refractivity contribution in [2.75, 3.05) is 39.5 Å². The summed E-state index contributed by atoms with van der Waals surface area (Å²) in [6.45, 7) is 10.5. The minimum Gasteiger partial charge on any atom is -0.476 e. The fourth-order valence-electron chi connectivity index (χ4n) is 5.14. The third-order valence-corrected chi connectivity index (χ3v) is 7.10. The van der Waals surface area contributed by atoms with Crippen LogP contribution in [-0.4, -0.2) is 61.0 Å². The van der Waals surface area contributed by atoms with Crippen molar-refractivity contribution in [1.82, 2.24) is 9.47 Å². The summed E-state index contributed by atoms with van der Waals surface area (Å²) in [5.74, 6) is 1.62. The van der Waals surface area contributed by atoms with Gasteiger partial charge in [0.1, 0.15) is 12.7 Å². The molecule has 0 unspecified atom stereocenters. The Bertz CT molecular complexity index is 1130. The second-order valence-corrected chi connectivity index (χ2v) is 10.1. The third-order valence-electron chi connectivity index (χ3n) is 7.10. The Kier molecular flexibility index (Phi) is 6.49. The summed E-state index contributed by atoms with van der Waals surface area (Å²) >= 11 is 0. The number of hydrogen-bond acceptors (Lipinski definition) is 5. The summed E-state index contributed by atoms with van der Waals surface area (Å²) in [7, 11) is 0. The number of likely N-dealkylation sites (tertiary alicyclic amines) is 1. The maximum Gasteiger partial charge on any atom is 0.222 e. The lowest BCUT2D eigenvalue weighted by Gasteiger charge is -2.40. The van der Waals surface area contributed by atoms with Gasteiger partial charge in [-0.15, -0.1) is 0 Å². The number of ether oxygens (including phenoxy) is 3. The van der Waals surface area contributed by atoms with Gasteiger partial charge in [-0.2, -0.15) is 0 Å². The number of nitrogens with zero attached hydrogens (tertiary/aromatic N) is 2. The van der Waals surface area contributed by atoms with E-state index in [1.165, 1.54) is 11.1 Å². The molecule has 1 aromatic carbocycles. The molecular weight excluding hydrogens is 432 g/mol. The molecule has 0 bridgehead atoms. The van der Waals surface area contributed by atoms with Crippen LogP contribution >= 0.6 is 0 Å². The van der Waals surface area contributed by atoms with Gasteiger partial charge in [0.2, 0.25) is 5.91 Å². The van der Waals surface area contributed by atoms with E-state index in [2.05, 4.69) is 36.6 Å². The Morgan fingerprint density at radius 2 is 2.03 bits per heavy atom. The molecule has 3 aliphatic heterocycles. The zero-order valence-electron chi connectivity index (χ0n) is 20.3. The number of aryl methyl sites for hydroxylation is 1. The van der Waals surface area contributed by atoms with Crippen LogP contribution in [0.5, 0.6) is 5.88 Å². The van der Waals surface area contributed by atoms with E-state index < -0.39 is 0 Å². The number of benzene rings is 1. The van der Waals surface area contributed by atoms with Crippen molar-refractivity contribution >= 4 is 5.91 Å². The highest BCUT2D eigenvalue weighted by Crippen LogP contribution is 2.37. The van der Waals surface area contributed by atoms with E-state index in [0.717, 1.165) is 42.9 Å². The van der Waals surface area contributed by atoms with Gasteiger partial charge in [0, 0.05) is 49.2 Å². The maximum absolute atomic E-state index is 12.8. The molecule has 2 fully saturated rings. The third kappa shape index (κ3) is 4.51. The van der Waals surface area contributed by atoms with Gasteiger partial charge in [0.25, 0.3) is 0 Å². The van der Waals surface area contributed by atoms with Gasteiger partial charge in [-0.3, -0.25) is 9.59 Å². The van der Waals surface area contributed by atoms with Crippen LogP contribution in [0.15, 0.2) is 29.1 Å². The number of carbonyl (C=O) groups is 1. The van der Waals surface area contributed by atoms with E-state index in [9.17, 15) is 9.59 Å². The number of hydrogen-bond donors (Lipinski definition) is 0. The molecule has 182 valence electrons. The van der Waals surface area contributed by atoms with E-state index in [1.54, 1.807) is 6.07 Å². The van der Waals surface area contributed by atoms with Crippen LogP contribution in [0.1, 0.15) is 42.9 Å². The molecule has 7 heteroatoms. The predicted molar refractivity (Wildman–Crippen MR) is 129 cm³/mol. The van der Waals surface area contributed by atoms with E-state index in [1.807, 2.05) is 11.8 Å². The summed E-state index contributed by atoms with van der Waals surface area (Å²) in [5.41, 5.74) is 5.30. The molecule has 5 rings (SSSR count). The molecule has 0 radical (unpaired) electrons. The van der Waals surface area contributed by atoms with Gasteiger partial charge < -0.3 is 23.7 Å². The van der Waals surface area contributed by atoms with Crippen LogP contribution in [-0.2, 0) is 27.2 Å². The van der Waals surface area contributed by atoms with Gasteiger partial charge in [0.05, 0.1) is 25.5 Å². The summed E-state index contributed by atoms with van der Waals surface area (Å²) in [5, 5.41) is 0. The first-order valence-electron chi connectivity index (χ1n) is 12.4. The Morgan fingerprint density at radius 3 is 2.76 bits per heavy atom. The molecule has 3 aliphatic rings. The lowest BCUT2D eigenvalue weighted by molar-refractivity contribution is -0.136. The van der Waals surface area contributed by atoms with Crippen molar-refractivity contribution in [2.24, 2.45) is 5.92 Å². The Labute approximate surface area is 200 Å². The zero-order valence-corrected chi connectivity index (χ0v) is 20.3. The molecule has 1 atom stereocenters. The molecule has 1 amide bonds. The molecule has 34 heavy (non-hydrogen) atoms. The first-order valence-corrected chi connectivity index (χ1v) is 12.4. The second-order valence-electron chi connectivity index (χ2n) is 10.1. The minimum absolute atomic E-state index is 0.0164. The topological polar surface area (TPSA) is 70.0 Å². The molecule has 0 saturated carbocycles. The zero-order chi connectivity index (χ0) is 23.8. The monoisotopic (exact) mass is 466 g/mol. The van der Waals surface area contributed by atoms with Crippen LogP contribution in [0.3, 0.4) is 0 Å². The Hall–Kier alpha value is -2.64. The van der Waals surface area contributed by atoms with Gasteiger partial charge >= 0.3 is 0 Å². The van der Waals surface area contributed by atoms with Crippen LogP contribution in [0.2, 0.25) is 0 Å². The number of rotatable bonds is 6. The highest BCUT2D eigenvalue weighted by molar-refractivity contribution is 5.77. The van der Waals surface area contributed by atoms with Crippen LogP contribution in [0.4, 0.5) is 0 Å². The van der Waals surface area contributed by atoms with Crippen molar-refractivity contribution in [1.29, 1.82) is 0 Å².